The van der Waals surface area contributed by atoms with Crippen molar-refractivity contribution in [1.29, 1.82) is 0 Å². The summed E-state index contributed by atoms with van der Waals surface area (Å²) in [5.74, 6) is 0.822. The lowest BCUT2D eigenvalue weighted by atomic mass is 9.93. The van der Waals surface area contributed by atoms with Crippen LogP contribution in [0.15, 0.2) is 24.7 Å². The van der Waals surface area contributed by atoms with Crippen LogP contribution in [0.1, 0.15) is 51.8 Å². The van der Waals surface area contributed by atoms with Crippen molar-refractivity contribution >= 4 is 11.7 Å². The third-order valence-electron chi connectivity index (χ3n) is 5.13. The fraction of sp³-hybridized carbons (Fsp3) is 0.421. The van der Waals surface area contributed by atoms with Gasteiger partial charge in [0, 0.05) is 30.9 Å². The highest BCUT2D eigenvalue weighted by molar-refractivity contribution is 5.92. The largest absolute Gasteiger partial charge is 0.337 e. The van der Waals surface area contributed by atoms with Crippen LogP contribution >= 0.6 is 0 Å². The summed E-state index contributed by atoms with van der Waals surface area (Å²) >= 11 is 0. The summed E-state index contributed by atoms with van der Waals surface area (Å²) < 4.78 is 1.79. The number of likely N-dealkylation sites (tertiary alicyclic amines) is 1. The first kappa shape index (κ1) is 16.6. The molecule has 0 aliphatic carbocycles. The van der Waals surface area contributed by atoms with E-state index in [1.54, 1.807) is 10.7 Å². The van der Waals surface area contributed by atoms with E-state index in [1.807, 2.05) is 31.7 Å². The Morgan fingerprint density at radius 2 is 2.00 bits per heavy atom. The SMILES string of the molecule is Cc1cc([C@H]2CCCN(C(=O)c3cc(C)c(C)cn3)C2)n2ncnc2n1. The van der Waals surface area contributed by atoms with E-state index < -0.39 is 0 Å². The Hall–Kier alpha value is -2.83. The molecule has 0 aromatic carbocycles. The average Bonchev–Trinajstić information content (AvgIpc) is 3.11. The number of piperidine rings is 1. The standard InChI is InChI=1S/C19H22N6O/c1-12-7-16(20-9-13(12)2)18(26)24-6-4-5-15(10-24)17-8-14(3)23-19-21-11-22-25(17)19/h7-9,11,15H,4-6,10H2,1-3H3/t15-/m0/s1. The summed E-state index contributed by atoms with van der Waals surface area (Å²) in [6.45, 7) is 7.39. The lowest BCUT2D eigenvalue weighted by Gasteiger charge is -2.33. The fourth-order valence-electron chi connectivity index (χ4n) is 3.56. The highest BCUT2D eigenvalue weighted by Crippen LogP contribution is 2.28. The van der Waals surface area contributed by atoms with E-state index in [-0.39, 0.29) is 11.8 Å². The summed E-state index contributed by atoms with van der Waals surface area (Å²) in [5.41, 5.74) is 4.69. The highest BCUT2D eigenvalue weighted by Gasteiger charge is 2.28. The van der Waals surface area contributed by atoms with Gasteiger partial charge in [-0.2, -0.15) is 10.1 Å². The lowest BCUT2D eigenvalue weighted by Crippen LogP contribution is -2.40. The van der Waals surface area contributed by atoms with Crippen LogP contribution in [-0.4, -0.2) is 48.5 Å². The first-order valence-electron chi connectivity index (χ1n) is 8.92. The summed E-state index contributed by atoms with van der Waals surface area (Å²) in [7, 11) is 0. The van der Waals surface area contributed by atoms with Gasteiger partial charge in [0.15, 0.2) is 0 Å². The Labute approximate surface area is 152 Å². The van der Waals surface area contributed by atoms with Crippen molar-refractivity contribution in [3.8, 4) is 0 Å². The van der Waals surface area contributed by atoms with Crippen LogP contribution in [0.3, 0.4) is 0 Å². The molecule has 7 heteroatoms. The van der Waals surface area contributed by atoms with Crippen LogP contribution in [0.4, 0.5) is 0 Å². The van der Waals surface area contributed by atoms with Crippen LogP contribution in [0, 0.1) is 20.8 Å². The van der Waals surface area contributed by atoms with Gasteiger partial charge in [0.2, 0.25) is 0 Å². The Bertz CT molecular complexity index is 979. The molecule has 1 amide bonds. The summed E-state index contributed by atoms with van der Waals surface area (Å²) in [4.78, 5) is 27.8. The Balaban J connectivity index is 1.62. The molecule has 1 aliphatic heterocycles. The first-order chi connectivity index (χ1) is 12.5. The fourth-order valence-corrected chi connectivity index (χ4v) is 3.56. The van der Waals surface area contributed by atoms with E-state index in [4.69, 9.17) is 0 Å². The van der Waals surface area contributed by atoms with Crippen LogP contribution < -0.4 is 0 Å². The minimum atomic E-state index is -0.00147. The molecule has 4 rings (SSSR count). The predicted molar refractivity (Wildman–Crippen MR) is 97.1 cm³/mol. The number of nitrogens with zero attached hydrogens (tertiary/aromatic N) is 6. The van der Waals surface area contributed by atoms with Crippen molar-refractivity contribution in [2.24, 2.45) is 0 Å². The Kier molecular flexibility index (Phi) is 4.14. The normalized spacial score (nSPS) is 17.7. The Morgan fingerprint density at radius 3 is 2.81 bits per heavy atom. The van der Waals surface area contributed by atoms with Crippen LogP contribution in [0.2, 0.25) is 0 Å². The molecule has 3 aromatic heterocycles. The van der Waals surface area contributed by atoms with Gasteiger partial charge >= 0.3 is 0 Å². The summed E-state index contributed by atoms with van der Waals surface area (Å²) in [5, 5.41) is 4.31. The second-order valence-electron chi connectivity index (χ2n) is 7.04. The van der Waals surface area contributed by atoms with E-state index >= 15 is 0 Å². The quantitative estimate of drug-likeness (QED) is 0.710. The molecule has 1 saturated heterocycles. The van der Waals surface area contributed by atoms with Gasteiger partial charge in [-0.1, -0.05) is 0 Å². The minimum Gasteiger partial charge on any atom is -0.337 e. The maximum Gasteiger partial charge on any atom is 0.272 e. The van der Waals surface area contributed by atoms with Gasteiger partial charge in [-0.15, -0.1) is 0 Å². The third-order valence-corrected chi connectivity index (χ3v) is 5.13. The van der Waals surface area contributed by atoms with Gasteiger partial charge in [-0.25, -0.2) is 9.50 Å². The number of hydrogen-bond donors (Lipinski definition) is 0. The van der Waals surface area contributed by atoms with Crippen LogP contribution in [-0.2, 0) is 0 Å². The first-order valence-corrected chi connectivity index (χ1v) is 8.92. The van der Waals surface area contributed by atoms with Gasteiger partial charge in [-0.05, 0) is 56.9 Å². The Morgan fingerprint density at radius 1 is 1.15 bits per heavy atom. The number of fused-ring (bicyclic) bond motifs is 1. The smallest absolute Gasteiger partial charge is 0.272 e. The van der Waals surface area contributed by atoms with Crippen molar-refractivity contribution in [3.63, 3.8) is 0 Å². The van der Waals surface area contributed by atoms with E-state index in [0.717, 1.165) is 41.9 Å². The molecule has 0 radical (unpaired) electrons. The minimum absolute atomic E-state index is 0.00147. The molecule has 0 N–H and O–H groups in total. The number of pyridine rings is 1. The highest BCUT2D eigenvalue weighted by atomic mass is 16.2. The van der Waals surface area contributed by atoms with Gasteiger partial charge in [0.25, 0.3) is 11.7 Å². The maximum atomic E-state index is 12.9. The molecule has 0 bridgehead atoms. The zero-order chi connectivity index (χ0) is 18.3. The van der Waals surface area contributed by atoms with Crippen molar-refractivity contribution in [1.82, 2.24) is 29.5 Å². The van der Waals surface area contributed by atoms with Crippen molar-refractivity contribution in [2.75, 3.05) is 13.1 Å². The number of aromatic nitrogens is 5. The number of carbonyl (C=O) groups is 1. The van der Waals surface area contributed by atoms with Gasteiger partial charge in [0.1, 0.15) is 12.0 Å². The molecule has 0 unspecified atom stereocenters. The van der Waals surface area contributed by atoms with E-state index in [9.17, 15) is 4.79 Å². The van der Waals surface area contributed by atoms with Gasteiger partial charge in [-0.3, -0.25) is 9.78 Å². The van der Waals surface area contributed by atoms with E-state index in [1.165, 1.54) is 6.33 Å². The molecule has 26 heavy (non-hydrogen) atoms. The monoisotopic (exact) mass is 350 g/mol. The molecule has 134 valence electrons. The molecular formula is C19H22N6O. The maximum absolute atomic E-state index is 12.9. The second-order valence-corrected chi connectivity index (χ2v) is 7.04. The molecule has 1 fully saturated rings. The van der Waals surface area contributed by atoms with E-state index in [2.05, 4.69) is 26.1 Å². The number of aryl methyl sites for hydroxylation is 3. The molecule has 1 aliphatic rings. The van der Waals surface area contributed by atoms with Crippen LogP contribution in [0.5, 0.6) is 0 Å². The molecule has 7 nitrogen and oxygen atoms in total. The molecule has 4 heterocycles. The molecule has 3 aromatic rings. The van der Waals surface area contributed by atoms with Crippen LogP contribution in [0.25, 0.3) is 5.78 Å². The summed E-state index contributed by atoms with van der Waals surface area (Å²) in [6.07, 6.45) is 5.27. The second kappa shape index (κ2) is 6.48. The van der Waals surface area contributed by atoms with Gasteiger partial charge in [0.05, 0.1) is 5.69 Å². The molecule has 1 atom stereocenters. The molecular weight excluding hydrogens is 328 g/mol. The number of rotatable bonds is 2. The zero-order valence-electron chi connectivity index (χ0n) is 15.3. The topological polar surface area (TPSA) is 76.3 Å². The van der Waals surface area contributed by atoms with Gasteiger partial charge < -0.3 is 4.90 Å². The third kappa shape index (κ3) is 2.94. The summed E-state index contributed by atoms with van der Waals surface area (Å²) in [6, 6.07) is 3.93. The van der Waals surface area contributed by atoms with E-state index in [0.29, 0.717) is 18.0 Å². The average molecular weight is 350 g/mol. The van der Waals surface area contributed by atoms with Crippen molar-refractivity contribution in [2.45, 2.75) is 39.5 Å². The molecule has 0 saturated carbocycles. The molecule has 0 spiro atoms. The van der Waals surface area contributed by atoms with Crippen molar-refractivity contribution in [3.05, 3.63) is 52.9 Å². The lowest BCUT2D eigenvalue weighted by molar-refractivity contribution is 0.0699. The van der Waals surface area contributed by atoms with Crippen molar-refractivity contribution < 1.29 is 4.79 Å². The number of amides is 1. The number of hydrogen-bond acceptors (Lipinski definition) is 5. The zero-order valence-corrected chi connectivity index (χ0v) is 15.3. The number of carbonyl (C=O) groups excluding carboxylic acids is 1. The predicted octanol–water partition coefficient (Wildman–Crippen LogP) is 2.46.